The van der Waals surface area contributed by atoms with E-state index in [9.17, 15) is 8.78 Å². The number of hydrogen-bond donors (Lipinski definition) is 2. The van der Waals surface area contributed by atoms with Crippen molar-refractivity contribution in [3.8, 4) is 11.5 Å². The average Bonchev–Trinajstić information content (AvgIpc) is 3.04. The summed E-state index contributed by atoms with van der Waals surface area (Å²) in [7, 11) is 2.12. The van der Waals surface area contributed by atoms with Crippen LogP contribution in [0.15, 0.2) is 23.2 Å². The van der Waals surface area contributed by atoms with Crippen LogP contribution in [0.5, 0.6) is 11.5 Å². The molecule has 2 N–H and O–H groups in total. The summed E-state index contributed by atoms with van der Waals surface area (Å²) in [6.07, 6.45) is 2.36. The van der Waals surface area contributed by atoms with Crippen LogP contribution in [-0.4, -0.2) is 56.8 Å². The first-order valence-corrected chi connectivity index (χ1v) is 9.47. The van der Waals surface area contributed by atoms with E-state index < -0.39 is 6.61 Å². The fourth-order valence-corrected chi connectivity index (χ4v) is 3.14. The van der Waals surface area contributed by atoms with Gasteiger partial charge in [0.2, 0.25) is 0 Å². The molecule has 1 fully saturated rings. The number of likely N-dealkylation sites (tertiary alicyclic amines) is 1. The second kappa shape index (κ2) is 10.9. The summed E-state index contributed by atoms with van der Waals surface area (Å²) >= 11 is 0. The number of likely N-dealkylation sites (N-methyl/N-ethyl adjacent to an activating group) is 1. The molecule has 1 aromatic carbocycles. The zero-order chi connectivity index (χ0) is 19.6. The molecule has 0 radical (unpaired) electrons. The van der Waals surface area contributed by atoms with Gasteiger partial charge < -0.3 is 25.0 Å². The van der Waals surface area contributed by atoms with E-state index in [1.807, 2.05) is 6.92 Å². The Bertz CT molecular complexity index is 613. The van der Waals surface area contributed by atoms with Crippen LogP contribution in [0.25, 0.3) is 0 Å². The summed E-state index contributed by atoms with van der Waals surface area (Å²) in [6.45, 7) is 4.05. The highest BCUT2D eigenvalue weighted by Crippen LogP contribution is 2.33. The standard InChI is InChI=1S/C19H30F2N4O2/c1-4-22-19(24-13-15-9-7-11-25(15)3)23-12-14-8-6-10-16(26-5-2)17(14)27-18(20)21/h6,8,10,15,18H,4-5,7,9,11-13H2,1-3H3,(H2,22,23,24). The molecule has 1 aliphatic heterocycles. The first-order valence-electron chi connectivity index (χ1n) is 9.47. The van der Waals surface area contributed by atoms with Gasteiger partial charge in [0.15, 0.2) is 17.5 Å². The zero-order valence-electron chi connectivity index (χ0n) is 16.3. The van der Waals surface area contributed by atoms with Crippen LogP contribution >= 0.6 is 0 Å². The van der Waals surface area contributed by atoms with Gasteiger partial charge in [-0.1, -0.05) is 12.1 Å². The van der Waals surface area contributed by atoms with Crippen LogP contribution in [0.2, 0.25) is 0 Å². The van der Waals surface area contributed by atoms with Gasteiger partial charge >= 0.3 is 6.61 Å². The maximum absolute atomic E-state index is 12.8. The maximum Gasteiger partial charge on any atom is 0.387 e. The van der Waals surface area contributed by atoms with Crippen LogP contribution in [0.1, 0.15) is 32.3 Å². The topological polar surface area (TPSA) is 58.1 Å². The number of aliphatic imine (C=N–C) groups is 1. The molecule has 1 unspecified atom stereocenters. The van der Waals surface area contributed by atoms with E-state index in [0.717, 1.165) is 19.5 Å². The number of nitrogens with one attached hydrogen (secondary N) is 2. The lowest BCUT2D eigenvalue weighted by atomic mass is 10.2. The molecule has 152 valence electrons. The van der Waals surface area contributed by atoms with Crippen molar-refractivity contribution in [2.75, 3.05) is 33.3 Å². The van der Waals surface area contributed by atoms with Gasteiger partial charge in [-0.15, -0.1) is 0 Å². The molecule has 2 rings (SSSR count). The van der Waals surface area contributed by atoms with Gasteiger partial charge in [-0.05, 0) is 46.3 Å². The third-order valence-corrected chi connectivity index (χ3v) is 4.50. The first kappa shape index (κ1) is 21.2. The Morgan fingerprint density at radius 1 is 1.33 bits per heavy atom. The van der Waals surface area contributed by atoms with Crippen LogP contribution in [0, 0.1) is 0 Å². The van der Waals surface area contributed by atoms with Crippen molar-refractivity contribution >= 4 is 5.96 Å². The second-order valence-corrected chi connectivity index (χ2v) is 6.41. The zero-order valence-corrected chi connectivity index (χ0v) is 16.3. The number of hydrogen-bond acceptors (Lipinski definition) is 4. The lowest BCUT2D eigenvalue weighted by Crippen LogP contribution is -2.44. The summed E-state index contributed by atoms with van der Waals surface area (Å²) in [6, 6.07) is 5.57. The van der Waals surface area contributed by atoms with Gasteiger partial charge in [0.1, 0.15) is 0 Å². The molecule has 1 aliphatic rings. The molecule has 1 saturated heterocycles. The predicted molar refractivity (Wildman–Crippen MR) is 103 cm³/mol. The van der Waals surface area contributed by atoms with E-state index in [1.165, 1.54) is 6.42 Å². The Morgan fingerprint density at radius 2 is 2.15 bits per heavy atom. The summed E-state index contributed by atoms with van der Waals surface area (Å²) in [5.41, 5.74) is 0.552. The quantitative estimate of drug-likeness (QED) is 0.507. The molecular weight excluding hydrogens is 354 g/mol. The highest BCUT2D eigenvalue weighted by molar-refractivity contribution is 5.79. The highest BCUT2D eigenvalue weighted by Gasteiger charge is 2.21. The van der Waals surface area contributed by atoms with Crippen LogP contribution in [0.4, 0.5) is 8.78 Å². The summed E-state index contributed by atoms with van der Waals surface area (Å²) in [4.78, 5) is 6.86. The van der Waals surface area contributed by atoms with E-state index in [2.05, 4.69) is 27.6 Å². The molecule has 6 nitrogen and oxygen atoms in total. The van der Waals surface area contributed by atoms with Crippen LogP contribution in [0.3, 0.4) is 0 Å². The SMILES string of the molecule is CCNC(=NCc1cccc(OCC)c1OC(F)F)NCC1CCCN1C. The fourth-order valence-electron chi connectivity index (χ4n) is 3.14. The summed E-state index contributed by atoms with van der Waals surface area (Å²) in [5, 5.41) is 6.53. The van der Waals surface area contributed by atoms with Crippen molar-refractivity contribution in [2.45, 2.75) is 45.9 Å². The number of rotatable bonds is 9. The molecule has 0 aliphatic carbocycles. The van der Waals surface area contributed by atoms with E-state index in [1.54, 1.807) is 25.1 Å². The first-order chi connectivity index (χ1) is 13.0. The Labute approximate surface area is 159 Å². The van der Waals surface area contributed by atoms with Crippen molar-refractivity contribution in [3.63, 3.8) is 0 Å². The molecule has 0 spiro atoms. The third-order valence-electron chi connectivity index (χ3n) is 4.50. The number of guanidine groups is 1. The molecule has 0 amide bonds. The summed E-state index contributed by atoms with van der Waals surface area (Å²) in [5.74, 6) is 1.00. The fraction of sp³-hybridized carbons (Fsp3) is 0.632. The molecule has 1 heterocycles. The lowest BCUT2D eigenvalue weighted by Gasteiger charge is -2.21. The van der Waals surface area contributed by atoms with Gasteiger partial charge in [0, 0.05) is 24.7 Å². The Morgan fingerprint density at radius 3 is 2.78 bits per heavy atom. The maximum atomic E-state index is 12.8. The van der Waals surface area contributed by atoms with Crippen molar-refractivity contribution in [1.82, 2.24) is 15.5 Å². The molecule has 1 atom stereocenters. The Kier molecular flexibility index (Phi) is 8.57. The minimum Gasteiger partial charge on any atom is -0.490 e. The largest absolute Gasteiger partial charge is 0.490 e. The molecular formula is C19H30F2N4O2. The normalized spacial score (nSPS) is 18.0. The van der Waals surface area contributed by atoms with Gasteiger partial charge in [-0.2, -0.15) is 8.78 Å². The smallest absolute Gasteiger partial charge is 0.387 e. The van der Waals surface area contributed by atoms with Crippen molar-refractivity contribution < 1.29 is 18.3 Å². The van der Waals surface area contributed by atoms with Gasteiger partial charge in [-0.3, -0.25) is 0 Å². The van der Waals surface area contributed by atoms with E-state index >= 15 is 0 Å². The van der Waals surface area contributed by atoms with Crippen LogP contribution < -0.4 is 20.1 Å². The number of halogens is 2. The highest BCUT2D eigenvalue weighted by atomic mass is 19.3. The van der Waals surface area contributed by atoms with E-state index in [4.69, 9.17) is 9.47 Å². The van der Waals surface area contributed by atoms with Crippen LogP contribution in [-0.2, 0) is 6.54 Å². The molecule has 8 heteroatoms. The molecule has 1 aromatic rings. The monoisotopic (exact) mass is 384 g/mol. The third kappa shape index (κ3) is 6.53. The average molecular weight is 384 g/mol. The Balaban J connectivity index is 2.10. The van der Waals surface area contributed by atoms with Crippen molar-refractivity contribution in [1.29, 1.82) is 0 Å². The number of para-hydroxylation sites is 1. The van der Waals surface area contributed by atoms with Gasteiger partial charge in [0.05, 0.1) is 13.2 Å². The number of benzene rings is 1. The lowest BCUT2D eigenvalue weighted by molar-refractivity contribution is -0.0520. The minimum absolute atomic E-state index is 0.0458. The van der Waals surface area contributed by atoms with Gasteiger partial charge in [-0.25, -0.2) is 4.99 Å². The van der Waals surface area contributed by atoms with Crippen molar-refractivity contribution in [2.24, 2.45) is 4.99 Å². The molecule has 27 heavy (non-hydrogen) atoms. The minimum atomic E-state index is -2.92. The number of ether oxygens (including phenoxy) is 2. The predicted octanol–water partition coefficient (Wildman–Crippen LogP) is 2.84. The van der Waals surface area contributed by atoms with Gasteiger partial charge in [0.25, 0.3) is 0 Å². The van der Waals surface area contributed by atoms with E-state index in [0.29, 0.717) is 36.5 Å². The van der Waals surface area contributed by atoms with Crippen molar-refractivity contribution in [3.05, 3.63) is 23.8 Å². The Hall–Kier alpha value is -2.09. The second-order valence-electron chi connectivity index (χ2n) is 6.41. The van der Waals surface area contributed by atoms with E-state index in [-0.39, 0.29) is 12.3 Å². The molecule has 0 aromatic heterocycles. The molecule has 0 bridgehead atoms. The number of alkyl halides is 2. The summed E-state index contributed by atoms with van der Waals surface area (Å²) < 4.78 is 35.8. The molecule has 0 saturated carbocycles. The number of nitrogens with zero attached hydrogens (tertiary/aromatic N) is 2.